The van der Waals surface area contributed by atoms with E-state index in [0.29, 0.717) is 17.7 Å². The van der Waals surface area contributed by atoms with Gasteiger partial charge in [-0.1, -0.05) is 0 Å². The van der Waals surface area contributed by atoms with Gasteiger partial charge in [-0.25, -0.2) is 8.78 Å². The fourth-order valence-corrected chi connectivity index (χ4v) is 1.70. The second-order valence-corrected chi connectivity index (χ2v) is 3.76. The fourth-order valence-electron chi connectivity index (χ4n) is 0.842. The van der Waals surface area contributed by atoms with Gasteiger partial charge in [0.2, 0.25) is 0 Å². The molecule has 0 spiro atoms. The second-order valence-electron chi connectivity index (χ2n) is 2.71. The number of hydrogen-bond donors (Lipinski definition) is 1. The molecule has 76 valence electrons. The predicted octanol–water partition coefficient (Wildman–Crippen LogP) is 2.73. The molecular weight excluding hydrogens is 204 g/mol. The average Bonchev–Trinajstić information content (AvgIpc) is 2.22. The molecule has 0 aliphatic heterocycles. The van der Waals surface area contributed by atoms with E-state index in [1.807, 2.05) is 0 Å². The van der Waals surface area contributed by atoms with Gasteiger partial charge in [-0.2, -0.15) is 0 Å². The van der Waals surface area contributed by atoms with Crippen LogP contribution in [0.25, 0.3) is 0 Å². The van der Waals surface area contributed by atoms with E-state index < -0.39 is 0 Å². The molecule has 0 aliphatic rings. The largest absolute Gasteiger partial charge is 0.327 e. The molecule has 0 aliphatic carbocycles. The van der Waals surface area contributed by atoms with E-state index >= 15 is 0 Å². The van der Waals surface area contributed by atoms with Gasteiger partial charge in [-0.15, -0.1) is 11.8 Å². The third-order valence-electron chi connectivity index (χ3n) is 1.65. The molecule has 0 bridgehead atoms. The Kier molecular flexibility index (Phi) is 4.62. The molecule has 0 saturated heterocycles. The summed E-state index contributed by atoms with van der Waals surface area (Å²) < 4.78 is 24.6. The van der Waals surface area contributed by atoms with Gasteiger partial charge in [0.15, 0.2) is 0 Å². The van der Waals surface area contributed by atoms with Crippen LogP contribution in [-0.4, -0.2) is 12.3 Å². The van der Waals surface area contributed by atoms with Crippen molar-refractivity contribution in [3.05, 3.63) is 42.0 Å². The maximum Gasteiger partial charge on any atom is 0.123 e. The van der Waals surface area contributed by atoms with Crippen LogP contribution >= 0.6 is 11.8 Å². The smallest absolute Gasteiger partial charge is 0.123 e. The lowest BCUT2D eigenvalue weighted by Crippen LogP contribution is -2.04. The minimum absolute atomic E-state index is 0.213. The fraction of sp³-hybridized carbons (Fsp3) is 0.200. The van der Waals surface area contributed by atoms with Gasteiger partial charge < -0.3 is 5.73 Å². The van der Waals surface area contributed by atoms with Crippen molar-refractivity contribution in [3.63, 3.8) is 0 Å². The first-order valence-electron chi connectivity index (χ1n) is 4.13. The highest BCUT2D eigenvalue weighted by molar-refractivity contribution is 7.99. The molecular formula is C10H11F2NS. The quantitative estimate of drug-likeness (QED) is 0.781. The van der Waals surface area contributed by atoms with Crippen molar-refractivity contribution in [3.8, 4) is 0 Å². The van der Waals surface area contributed by atoms with Gasteiger partial charge >= 0.3 is 0 Å². The summed E-state index contributed by atoms with van der Waals surface area (Å²) in [6, 6.07) is 6.08. The topological polar surface area (TPSA) is 26.0 Å². The molecule has 0 radical (unpaired) electrons. The van der Waals surface area contributed by atoms with Crippen LogP contribution in [0.15, 0.2) is 41.1 Å². The number of thioether (sulfide) groups is 1. The highest BCUT2D eigenvalue weighted by atomic mass is 32.2. The molecule has 0 atom stereocenters. The van der Waals surface area contributed by atoms with E-state index in [-0.39, 0.29) is 12.4 Å². The lowest BCUT2D eigenvalue weighted by molar-refractivity contribution is 0.626. The zero-order chi connectivity index (χ0) is 10.4. The summed E-state index contributed by atoms with van der Waals surface area (Å²) >= 11 is 1.43. The van der Waals surface area contributed by atoms with Crippen LogP contribution in [0.5, 0.6) is 0 Å². The van der Waals surface area contributed by atoms with Gasteiger partial charge in [-0.05, 0) is 29.8 Å². The Balaban J connectivity index is 2.49. The van der Waals surface area contributed by atoms with E-state index in [1.54, 1.807) is 12.1 Å². The van der Waals surface area contributed by atoms with Crippen molar-refractivity contribution >= 4 is 11.8 Å². The molecule has 0 saturated carbocycles. The van der Waals surface area contributed by atoms with Gasteiger partial charge in [0.1, 0.15) is 5.82 Å². The number of rotatable bonds is 4. The third-order valence-corrected chi connectivity index (χ3v) is 2.77. The molecule has 4 heteroatoms. The SMILES string of the molecule is NC/C(=C/F)CSc1ccc(F)cc1. The van der Waals surface area contributed by atoms with Crippen LogP contribution in [0.3, 0.4) is 0 Å². The molecule has 2 N–H and O–H groups in total. The molecule has 0 unspecified atom stereocenters. The van der Waals surface area contributed by atoms with E-state index in [9.17, 15) is 8.78 Å². The first-order valence-corrected chi connectivity index (χ1v) is 5.11. The Bertz CT molecular complexity index is 308. The lowest BCUT2D eigenvalue weighted by Gasteiger charge is -2.02. The Labute approximate surface area is 86.0 Å². The number of hydrogen-bond acceptors (Lipinski definition) is 2. The second kappa shape index (κ2) is 5.78. The number of benzene rings is 1. The predicted molar refractivity (Wildman–Crippen MR) is 55.4 cm³/mol. The van der Waals surface area contributed by atoms with Gasteiger partial charge in [0.25, 0.3) is 0 Å². The van der Waals surface area contributed by atoms with Crippen LogP contribution in [0, 0.1) is 5.82 Å². The molecule has 0 aromatic heterocycles. The molecule has 1 aromatic rings. The van der Waals surface area contributed by atoms with Crippen molar-refractivity contribution in [2.45, 2.75) is 4.90 Å². The first-order chi connectivity index (χ1) is 6.76. The summed E-state index contributed by atoms with van der Waals surface area (Å²) in [6.45, 7) is 0.213. The molecule has 0 amide bonds. The average molecular weight is 215 g/mol. The summed E-state index contributed by atoms with van der Waals surface area (Å²) in [7, 11) is 0. The normalized spacial score (nSPS) is 11.8. The van der Waals surface area contributed by atoms with Crippen LogP contribution < -0.4 is 5.73 Å². The van der Waals surface area contributed by atoms with Crippen molar-refractivity contribution in [2.24, 2.45) is 5.73 Å². The molecule has 1 nitrogen and oxygen atoms in total. The Morgan fingerprint density at radius 2 is 2.00 bits per heavy atom. The summed E-state index contributed by atoms with van der Waals surface area (Å²) in [5.74, 6) is 0.230. The van der Waals surface area contributed by atoms with E-state index in [0.717, 1.165) is 4.90 Å². The minimum Gasteiger partial charge on any atom is -0.327 e. The highest BCUT2D eigenvalue weighted by Crippen LogP contribution is 2.20. The number of halogens is 2. The molecule has 14 heavy (non-hydrogen) atoms. The number of nitrogens with two attached hydrogens (primary N) is 1. The van der Waals surface area contributed by atoms with Crippen molar-refractivity contribution in [1.82, 2.24) is 0 Å². The molecule has 1 aromatic carbocycles. The van der Waals surface area contributed by atoms with Crippen LogP contribution in [0.2, 0.25) is 0 Å². The Morgan fingerprint density at radius 3 is 2.50 bits per heavy atom. The summed E-state index contributed by atoms with van der Waals surface area (Å²) in [5, 5.41) is 0. The van der Waals surface area contributed by atoms with Crippen molar-refractivity contribution in [2.75, 3.05) is 12.3 Å². The van der Waals surface area contributed by atoms with Crippen molar-refractivity contribution < 1.29 is 8.78 Å². The summed E-state index contributed by atoms with van der Waals surface area (Å²) in [5.41, 5.74) is 5.83. The van der Waals surface area contributed by atoms with Gasteiger partial charge in [-0.3, -0.25) is 0 Å². The van der Waals surface area contributed by atoms with Gasteiger partial charge in [0, 0.05) is 17.2 Å². The van der Waals surface area contributed by atoms with E-state index in [2.05, 4.69) is 0 Å². The maximum atomic E-state index is 12.5. The molecule has 0 fully saturated rings. The lowest BCUT2D eigenvalue weighted by atomic mass is 10.3. The highest BCUT2D eigenvalue weighted by Gasteiger charge is 1.98. The Morgan fingerprint density at radius 1 is 1.36 bits per heavy atom. The standard InChI is InChI=1S/C10H11F2NS/c11-5-8(6-13)7-14-10-3-1-9(12)2-4-10/h1-5H,6-7,13H2/b8-5-. The maximum absolute atomic E-state index is 12.5. The van der Waals surface area contributed by atoms with E-state index in [4.69, 9.17) is 5.73 Å². The van der Waals surface area contributed by atoms with Crippen LogP contribution in [0.1, 0.15) is 0 Å². The molecule has 0 heterocycles. The van der Waals surface area contributed by atoms with Crippen LogP contribution in [-0.2, 0) is 0 Å². The summed E-state index contributed by atoms with van der Waals surface area (Å²) in [4.78, 5) is 0.902. The monoisotopic (exact) mass is 215 g/mol. The van der Waals surface area contributed by atoms with Crippen LogP contribution in [0.4, 0.5) is 8.78 Å². The minimum atomic E-state index is -0.269. The van der Waals surface area contributed by atoms with Gasteiger partial charge in [0.05, 0.1) is 6.33 Å². The summed E-state index contributed by atoms with van der Waals surface area (Å²) in [6.07, 6.45) is 0.524. The first kappa shape index (κ1) is 11.2. The molecule has 1 rings (SSSR count). The van der Waals surface area contributed by atoms with Crippen molar-refractivity contribution in [1.29, 1.82) is 0 Å². The Hall–Kier alpha value is -0.870. The third kappa shape index (κ3) is 3.47. The van der Waals surface area contributed by atoms with E-state index in [1.165, 1.54) is 23.9 Å². The zero-order valence-corrected chi connectivity index (χ0v) is 8.36. The zero-order valence-electron chi connectivity index (χ0n) is 7.54.